The molecule has 1 aromatic carbocycles. The summed E-state index contributed by atoms with van der Waals surface area (Å²) in [5.74, 6) is -0.00462. The summed E-state index contributed by atoms with van der Waals surface area (Å²) in [7, 11) is 1.64. The van der Waals surface area contributed by atoms with E-state index < -0.39 is 0 Å². The maximum Gasteiger partial charge on any atom is 0.234 e. The van der Waals surface area contributed by atoms with Gasteiger partial charge in [0.05, 0.1) is 6.54 Å². The van der Waals surface area contributed by atoms with Gasteiger partial charge in [0.25, 0.3) is 0 Å². The molecule has 2 amide bonds. The molecule has 7 heteroatoms. The van der Waals surface area contributed by atoms with Crippen molar-refractivity contribution in [2.24, 2.45) is 0 Å². The summed E-state index contributed by atoms with van der Waals surface area (Å²) in [6, 6.07) is 9.04. The van der Waals surface area contributed by atoms with E-state index in [1.54, 1.807) is 24.1 Å². The predicted molar refractivity (Wildman–Crippen MR) is 103 cm³/mol. The van der Waals surface area contributed by atoms with Crippen molar-refractivity contribution in [3.8, 4) is 0 Å². The maximum absolute atomic E-state index is 12.3. The lowest BCUT2D eigenvalue weighted by Gasteiger charge is -2.34. The van der Waals surface area contributed by atoms with Crippen molar-refractivity contribution in [3.63, 3.8) is 0 Å². The highest BCUT2D eigenvalue weighted by Gasteiger charge is 2.22. The SMILES string of the molecule is COCCCNC(=O)CN1CCN(C(=O)CCC(=O)c2ccccc2)CC1. The number of Topliss-reactive ketones (excluding diaryl/α,β-unsaturated/α-hetero) is 1. The monoisotopic (exact) mass is 375 g/mol. The van der Waals surface area contributed by atoms with Crippen LogP contribution < -0.4 is 5.32 Å². The second-order valence-corrected chi connectivity index (χ2v) is 6.64. The zero-order valence-electron chi connectivity index (χ0n) is 16.0. The molecule has 148 valence electrons. The first-order chi connectivity index (χ1) is 13.1. The van der Waals surface area contributed by atoms with Crippen LogP contribution in [0.4, 0.5) is 0 Å². The highest BCUT2D eigenvalue weighted by atomic mass is 16.5. The zero-order valence-corrected chi connectivity index (χ0v) is 16.0. The molecule has 0 saturated carbocycles. The summed E-state index contributed by atoms with van der Waals surface area (Å²) < 4.78 is 4.95. The molecule has 7 nitrogen and oxygen atoms in total. The number of hydrogen-bond acceptors (Lipinski definition) is 5. The number of nitrogens with zero attached hydrogens (tertiary/aromatic N) is 2. The van der Waals surface area contributed by atoms with E-state index in [1.165, 1.54) is 0 Å². The minimum absolute atomic E-state index is 0.000614. The van der Waals surface area contributed by atoms with E-state index in [4.69, 9.17) is 4.74 Å². The van der Waals surface area contributed by atoms with Crippen LogP contribution in [-0.2, 0) is 14.3 Å². The molecule has 0 aliphatic carbocycles. The number of piperazine rings is 1. The van der Waals surface area contributed by atoms with E-state index >= 15 is 0 Å². The number of ketones is 1. The quantitative estimate of drug-likeness (QED) is 0.487. The molecule has 0 radical (unpaired) electrons. The molecule has 27 heavy (non-hydrogen) atoms. The molecule has 0 aromatic heterocycles. The lowest BCUT2D eigenvalue weighted by Crippen LogP contribution is -2.51. The summed E-state index contributed by atoms with van der Waals surface area (Å²) in [6.07, 6.45) is 1.26. The topological polar surface area (TPSA) is 79.0 Å². The number of nitrogens with one attached hydrogen (secondary N) is 1. The summed E-state index contributed by atoms with van der Waals surface area (Å²) in [6.45, 7) is 4.12. The van der Waals surface area contributed by atoms with E-state index in [1.807, 2.05) is 23.1 Å². The van der Waals surface area contributed by atoms with Crippen LogP contribution in [0.2, 0.25) is 0 Å². The molecule has 0 bridgehead atoms. The average molecular weight is 375 g/mol. The Morgan fingerprint density at radius 2 is 1.74 bits per heavy atom. The number of rotatable bonds is 10. The Labute approximate surface area is 160 Å². The summed E-state index contributed by atoms with van der Waals surface area (Å²) in [5.41, 5.74) is 0.645. The van der Waals surface area contributed by atoms with Crippen LogP contribution in [0.5, 0.6) is 0 Å². The lowest BCUT2D eigenvalue weighted by molar-refractivity contribution is -0.133. The van der Waals surface area contributed by atoms with Crippen LogP contribution in [-0.4, -0.2) is 80.4 Å². The number of ether oxygens (including phenoxy) is 1. The van der Waals surface area contributed by atoms with Crippen LogP contribution in [0.1, 0.15) is 29.6 Å². The molecule has 0 unspecified atom stereocenters. The van der Waals surface area contributed by atoms with E-state index in [0.717, 1.165) is 6.42 Å². The minimum atomic E-state index is -0.00673. The van der Waals surface area contributed by atoms with Crippen molar-refractivity contribution >= 4 is 17.6 Å². The number of benzene rings is 1. The first-order valence-electron chi connectivity index (χ1n) is 9.44. The Morgan fingerprint density at radius 1 is 1.04 bits per heavy atom. The highest BCUT2D eigenvalue weighted by Crippen LogP contribution is 2.09. The summed E-state index contributed by atoms with van der Waals surface area (Å²) in [4.78, 5) is 40.2. The predicted octanol–water partition coefficient (Wildman–Crippen LogP) is 0.946. The van der Waals surface area contributed by atoms with Gasteiger partial charge in [0.2, 0.25) is 11.8 Å². The van der Waals surface area contributed by atoms with Gasteiger partial charge in [-0.05, 0) is 6.42 Å². The molecular weight excluding hydrogens is 346 g/mol. The van der Waals surface area contributed by atoms with Gasteiger partial charge in [-0.2, -0.15) is 0 Å². The van der Waals surface area contributed by atoms with Crippen molar-refractivity contribution in [1.29, 1.82) is 0 Å². The van der Waals surface area contributed by atoms with E-state index in [-0.39, 0.29) is 30.4 Å². The number of carbonyl (C=O) groups excluding carboxylic acids is 3. The van der Waals surface area contributed by atoms with Gasteiger partial charge in [-0.15, -0.1) is 0 Å². The number of methoxy groups -OCH3 is 1. The summed E-state index contributed by atoms with van der Waals surface area (Å²) in [5, 5.41) is 2.87. The zero-order chi connectivity index (χ0) is 19.5. The van der Waals surface area contributed by atoms with Crippen molar-refractivity contribution in [3.05, 3.63) is 35.9 Å². The molecular formula is C20H29N3O4. The number of amides is 2. The fraction of sp³-hybridized carbons (Fsp3) is 0.550. The normalized spacial score (nSPS) is 14.8. The molecule has 0 atom stereocenters. The van der Waals surface area contributed by atoms with Gasteiger partial charge < -0.3 is 15.0 Å². The molecule has 1 fully saturated rings. The third-order valence-electron chi connectivity index (χ3n) is 4.60. The first kappa shape index (κ1) is 21.1. The van der Waals surface area contributed by atoms with Crippen LogP contribution >= 0.6 is 0 Å². The van der Waals surface area contributed by atoms with Gasteiger partial charge in [-0.3, -0.25) is 19.3 Å². The fourth-order valence-corrected chi connectivity index (χ4v) is 3.01. The van der Waals surface area contributed by atoms with Crippen molar-refractivity contribution < 1.29 is 19.1 Å². The van der Waals surface area contributed by atoms with Crippen LogP contribution in [0.15, 0.2) is 30.3 Å². The molecule has 1 heterocycles. The van der Waals surface area contributed by atoms with Gasteiger partial charge in [0, 0.05) is 64.8 Å². The molecule has 0 spiro atoms. The smallest absolute Gasteiger partial charge is 0.234 e. The third kappa shape index (κ3) is 7.48. The molecule has 1 saturated heterocycles. The Bertz CT molecular complexity index is 613. The van der Waals surface area contributed by atoms with E-state index in [2.05, 4.69) is 5.32 Å². The van der Waals surface area contributed by atoms with Crippen molar-refractivity contribution in [2.45, 2.75) is 19.3 Å². The van der Waals surface area contributed by atoms with Gasteiger partial charge in [0.1, 0.15) is 0 Å². The van der Waals surface area contributed by atoms with Gasteiger partial charge in [-0.1, -0.05) is 30.3 Å². The molecule has 1 N–H and O–H groups in total. The lowest BCUT2D eigenvalue weighted by atomic mass is 10.1. The van der Waals surface area contributed by atoms with E-state index in [9.17, 15) is 14.4 Å². The standard InChI is InChI=1S/C20H29N3O4/c1-27-15-5-10-21-19(25)16-22-11-13-23(14-12-22)20(26)9-8-18(24)17-6-3-2-4-7-17/h2-4,6-7H,5,8-16H2,1H3,(H,21,25). The minimum Gasteiger partial charge on any atom is -0.385 e. The molecule has 1 aliphatic rings. The fourth-order valence-electron chi connectivity index (χ4n) is 3.01. The van der Waals surface area contributed by atoms with Gasteiger partial charge >= 0.3 is 0 Å². The Kier molecular flexibility index (Phi) is 8.94. The summed E-state index contributed by atoms with van der Waals surface area (Å²) >= 11 is 0. The van der Waals surface area contributed by atoms with Gasteiger partial charge in [0.15, 0.2) is 5.78 Å². The first-order valence-corrected chi connectivity index (χ1v) is 9.44. The average Bonchev–Trinajstić information content (AvgIpc) is 2.70. The second-order valence-electron chi connectivity index (χ2n) is 6.64. The second kappa shape index (κ2) is 11.5. The molecule has 1 aromatic rings. The Morgan fingerprint density at radius 3 is 2.41 bits per heavy atom. The number of carbonyl (C=O) groups is 3. The molecule has 1 aliphatic heterocycles. The molecule has 2 rings (SSSR count). The van der Waals surface area contributed by atoms with E-state index in [0.29, 0.717) is 51.4 Å². The Balaban J connectivity index is 1.64. The van der Waals surface area contributed by atoms with Crippen LogP contribution in [0, 0.1) is 0 Å². The van der Waals surface area contributed by atoms with Crippen LogP contribution in [0.3, 0.4) is 0 Å². The van der Waals surface area contributed by atoms with Crippen molar-refractivity contribution in [2.75, 3.05) is 53.0 Å². The van der Waals surface area contributed by atoms with Crippen molar-refractivity contribution in [1.82, 2.24) is 15.1 Å². The highest BCUT2D eigenvalue weighted by molar-refractivity contribution is 5.97. The Hall–Kier alpha value is -2.25. The number of hydrogen-bond donors (Lipinski definition) is 1. The largest absolute Gasteiger partial charge is 0.385 e. The van der Waals surface area contributed by atoms with Gasteiger partial charge in [-0.25, -0.2) is 0 Å². The maximum atomic E-state index is 12.3. The van der Waals surface area contributed by atoms with Crippen LogP contribution in [0.25, 0.3) is 0 Å². The third-order valence-corrected chi connectivity index (χ3v) is 4.60.